The summed E-state index contributed by atoms with van der Waals surface area (Å²) in [5.41, 5.74) is 10.3. The number of ether oxygens (including phenoxy) is 2. The summed E-state index contributed by atoms with van der Waals surface area (Å²) in [4.78, 5) is 27.2. The third-order valence-corrected chi connectivity index (χ3v) is 8.06. The van der Waals surface area contributed by atoms with Crippen LogP contribution < -0.4 is 16.4 Å². The zero-order valence-electron chi connectivity index (χ0n) is 24.9. The Bertz CT molecular complexity index is 1400. The van der Waals surface area contributed by atoms with E-state index in [2.05, 4.69) is 15.5 Å². The van der Waals surface area contributed by atoms with Crippen molar-refractivity contribution in [3.05, 3.63) is 89.5 Å². The smallest absolute Gasteiger partial charge is 0.224 e. The van der Waals surface area contributed by atoms with Crippen molar-refractivity contribution in [3.8, 4) is 0 Å². The number of carbonyl (C=O) groups excluding carboxylic acids is 2. The quantitative estimate of drug-likeness (QED) is 0.150. The number of carbonyl (C=O) groups is 2. The van der Waals surface area contributed by atoms with E-state index in [0.717, 1.165) is 29.7 Å². The number of hydrogen-bond donors (Lipinski definition) is 5. The molecule has 0 saturated carbocycles. The molecule has 0 radical (unpaired) electrons. The first-order chi connectivity index (χ1) is 21.4. The maximum atomic E-state index is 12.7. The number of nitrogens with one attached hydrogen (secondary N) is 2. The molecule has 6 N–H and O–H groups in total. The summed E-state index contributed by atoms with van der Waals surface area (Å²) >= 11 is 0. The summed E-state index contributed by atoms with van der Waals surface area (Å²) in [6, 6.07) is 22.4. The molecule has 2 saturated heterocycles. The average Bonchev–Trinajstić information content (AvgIpc) is 3.44. The minimum atomic E-state index is -0.641. The number of likely N-dealkylation sites (tertiary alicyclic amines) is 1. The van der Waals surface area contributed by atoms with Crippen LogP contribution in [0.15, 0.2) is 72.8 Å². The average molecular weight is 603 g/mol. The van der Waals surface area contributed by atoms with Crippen LogP contribution in [0.25, 0.3) is 0 Å². The Balaban J connectivity index is 1.16. The molecular weight excluding hydrogens is 560 g/mol. The van der Waals surface area contributed by atoms with Gasteiger partial charge in [-0.25, -0.2) is 0 Å². The van der Waals surface area contributed by atoms with E-state index in [1.807, 2.05) is 60.7 Å². The minimum Gasteiger partial charge on any atom is -0.397 e. The van der Waals surface area contributed by atoms with E-state index in [-0.39, 0.29) is 43.2 Å². The molecule has 0 spiro atoms. The highest BCUT2D eigenvalue weighted by Crippen LogP contribution is 2.39. The summed E-state index contributed by atoms with van der Waals surface area (Å²) in [6.07, 6.45) is 1.88. The number of hydrogen-bond acceptors (Lipinski definition) is 8. The molecule has 5 rings (SSSR count). The molecule has 10 nitrogen and oxygen atoms in total. The number of aliphatic hydroxyl groups excluding tert-OH is 2. The molecule has 0 aromatic heterocycles. The lowest BCUT2D eigenvalue weighted by Gasteiger charge is -2.38. The van der Waals surface area contributed by atoms with E-state index in [0.29, 0.717) is 55.8 Å². The first-order valence-corrected chi connectivity index (χ1v) is 15.3. The van der Waals surface area contributed by atoms with Crippen molar-refractivity contribution in [1.82, 2.24) is 4.90 Å². The summed E-state index contributed by atoms with van der Waals surface area (Å²) in [5.74, 6) is -0.266. The largest absolute Gasteiger partial charge is 0.397 e. The molecule has 0 aliphatic carbocycles. The fourth-order valence-electron chi connectivity index (χ4n) is 5.68. The number of β-amino-alcohol motifs (C(OH)–C–C–N with tert-alkyl or cyclic N) is 1. The van der Waals surface area contributed by atoms with Crippen LogP contribution in [0.2, 0.25) is 0 Å². The molecule has 0 bridgehead atoms. The SMILES string of the molecule is Nc1ccccc1NC(=O)CCCCC(=O)Nc1cccc(C2OC(CN3CCC(O)C3)CC(c3ccc(CO)cc3)O2)c1. The number of rotatable bonds is 12. The van der Waals surface area contributed by atoms with Gasteiger partial charge in [0.2, 0.25) is 11.8 Å². The molecule has 44 heavy (non-hydrogen) atoms. The normalized spacial score (nSPS) is 22.0. The number of nitrogen functional groups attached to an aromatic ring is 1. The highest BCUT2D eigenvalue weighted by atomic mass is 16.7. The Morgan fingerprint density at radius 2 is 1.66 bits per heavy atom. The number of aliphatic hydroxyl groups is 2. The maximum Gasteiger partial charge on any atom is 0.224 e. The van der Waals surface area contributed by atoms with Crippen LogP contribution in [-0.2, 0) is 25.7 Å². The Morgan fingerprint density at radius 3 is 2.36 bits per heavy atom. The lowest BCUT2D eigenvalue weighted by molar-refractivity contribution is -0.252. The van der Waals surface area contributed by atoms with Gasteiger partial charge in [0.1, 0.15) is 0 Å². The molecule has 2 fully saturated rings. The van der Waals surface area contributed by atoms with E-state index in [9.17, 15) is 19.8 Å². The van der Waals surface area contributed by atoms with Crippen LogP contribution in [0.1, 0.15) is 67.6 Å². The van der Waals surface area contributed by atoms with Crippen molar-refractivity contribution in [1.29, 1.82) is 0 Å². The zero-order valence-corrected chi connectivity index (χ0v) is 24.9. The van der Waals surface area contributed by atoms with Gasteiger partial charge in [-0.3, -0.25) is 14.5 Å². The van der Waals surface area contributed by atoms with E-state index >= 15 is 0 Å². The second kappa shape index (κ2) is 15.3. The zero-order chi connectivity index (χ0) is 30.9. The number of unbranched alkanes of at least 4 members (excludes halogenated alkanes) is 1. The first kappa shape index (κ1) is 31.6. The van der Waals surface area contributed by atoms with E-state index in [4.69, 9.17) is 15.2 Å². The van der Waals surface area contributed by atoms with Gasteiger partial charge < -0.3 is 36.1 Å². The standard InChI is InChI=1S/C34H42N4O6/c35-29-8-1-2-9-30(29)37-33(42)11-4-3-10-32(41)36-26-7-5-6-25(18-26)34-43-28(21-38-17-16-27(40)20-38)19-31(44-34)24-14-12-23(22-39)13-15-24/h1-2,5-9,12-15,18,27-28,31,34,39-40H,3-4,10-11,16-17,19-22,35H2,(H,36,41)(H,37,42). The van der Waals surface area contributed by atoms with Crippen molar-refractivity contribution >= 4 is 28.9 Å². The molecular formula is C34H42N4O6. The van der Waals surface area contributed by atoms with Gasteiger partial charge in [0, 0.05) is 50.1 Å². The van der Waals surface area contributed by atoms with Crippen molar-refractivity contribution in [2.24, 2.45) is 0 Å². The van der Waals surface area contributed by atoms with Crippen LogP contribution in [0.4, 0.5) is 17.1 Å². The van der Waals surface area contributed by atoms with Crippen LogP contribution in [-0.4, -0.2) is 58.8 Å². The van der Waals surface area contributed by atoms with Crippen LogP contribution >= 0.6 is 0 Å². The van der Waals surface area contributed by atoms with Crippen molar-refractivity contribution in [2.75, 3.05) is 36.0 Å². The number of nitrogens with zero attached hydrogens (tertiary/aromatic N) is 1. The Labute approximate surface area is 258 Å². The predicted molar refractivity (Wildman–Crippen MR) is 169 cm³/mol. The lowest BCUT2D eigenvalue weighted by atomic mass is 9.99. The van der Waals surface area contributed by atoms with Crippen LogP contribution in [0.3, 0.4) is 0 Å². The number of nitrogens with two attached hydrogens (primary N) is 1. The molecule has 4 atom stereocenters. The number of benzene rings is 3. The molecule has 234 valence electrons. The fourth-order valence-corrected chi connectivity index (χ4v) is 5.68. The van der Waals surface area contributed by atoms with Gasteiger partial charge in [-0.2, -0.15) is 0 Å². The highest BCUT2D eigenvalue weighted by molar-refractivity contribution is 5.94. The summed E-state index contributed by atoms with van der Waals surface area (Å²) in [7, 11) is 0. The van der Waals surface area contributed by atoms with Crippen molar-refractivity contribution < 1.29 is 29.3 Å². The Morgan fingerprint density at radius 1 is 0.909 bits per heavy atom. The number of anilines is 3. The minimum absolute atomic E-state index is 0.0187. The molecule has 2 heterocycles. The Hall–Kier alpha value is -3.80. The molecule has 2 aliphatic heterocycles. The third kappa shape index (κ3) is 8.87. The van der Waals surface area contributed by atoms with Gasteiger partial charge >= 0.3 is 0 Å². The highest BCUT2D eigenvalue weighted by Gasteiger charge is 2.34. The van der Waals surface area contributed by atoms with Gasteiger partial charge in [0.05, 0.1) is 36.3 Å². The topological polar surface area (TPSA) is 146 Å². The first-order valence-electron chi connectivity index (χ1n) is 15.3. The maximum absolute atomic E-state index is 12.7. The molecule has 4 unspecified atom stereocenters. The fraction of sp³-hybridized carbons (Fsp3) is 0.412. The van der Waals surface area contributed by atoms with Crippen molar-refractivity contribution in [2.45, 2.75) is 69.7 Å². The van der Waals surface area contributed by atoms with Crippen molar-refractivity contribution in [3.63, 3.8) is 0 Å². The molecule has 2 amide bonds. The summed E-state index contributed by atoms with van der Waals surface area (Å²) in [6.45, 7) is 2.13. The second-order valence-electron chi connectivity index (χ2n) is 11.6. The molecule has 3 aromatic carbocycles. The Kier molecular flexibility index (Phi) is 11.0. The van der Waals surface area contributed by atoms with E-state index < -0.39 is 6.29 Å². The molecule has 3 aromatic rings. The third-order valence-electron chi connectivity index (χ3n) is 8.06. The number of amides is 2. The van der Waals surface area contributed by atoms with Gasteiger partial charge in [0.15, 0.2) is 6.29 Å². The second-order valence-corrected chi connectivity index (χ2v) is 11.6. The van der Waals surface area contributed by atoms with E-state index in [1.165, 1.54) is 0 Å². The van der Waals surface area contributed by atoms with E-state index in [1.54, 1.807) is 12.1 Å². The predicted octanol–water partition coefficient (Wildman–Crippen LogP) is 4.51. The van der Waals surface area contributed by atoms with Gasteiger partial charge in [-0.05, 0) is 54.7 Å². The lowest BCUT2D eigenvalue weighted by Crippen LogP contribution is -2.38. The molecule has 10 heteroatoms. The van der Waals surface area contributed by atoms with Crippen LogP contribution in [0.5, 0.6) is 0 Å². The monoisotopic (exact) mass is 602 g/mol. The van der Waals surface area contributed by atoms with Crippen LogP contribution in [0, 0.1) is 0 Å². The summed E-state index contributed by atoms with van der Waals surface area (Å²) < 4.78 is 12.9. The van der Waals surface area contributed by atoms with Gasteiger partial charge in [-0.1, -0.05) is 48.5 Å². The van der Waals surface area contributed by atoms with Gasteiger partial charge in [0.25, 0.3) is 0 Å². The summed E-state index contributed by atoms with van der Waals surface area (Å²) in [5, 5.41) is 25.2. The molecule has 2 aliphatic rings. The van der Waals surface area contributed by atoms with Gasteiger partial charge in [-0.15, -0.1) is 0 Å². The number of para-hydroxylation sites is 2.